The zero-order valence-electron chi connectivity index (χ0n) is 16.9. The molecule has 1 fully saturated rings. The summed E-state index contributed by atoms with van der Waals surface area (Å²) in [4.78, 5) is 20.4. The number of ether oxygens (including phenoxy) is 1. The van der Waals surface area contributed by atoms with Gasteiger partial charge in [-0.1, -0.05) is 30.3 Å². The highest BCUT2D eigenvalue weighted by molar-refractivity contribution is 5.80. The summed E-state index contributed by atoms with van der Waals surface area (Å²) in [6.45, 7) is 7.07. The Morgan fingerprint density at radius 2 is 1.86 bits per heavy atom. The molecule has 154 valence electrons. The molecule has 0 aromatic heterocycles. The minimum absolute atomic E-state index is 0.124. The number of anilines is 1. The van der Waals surface area contributed by atoms with Crippen molar-refractivity contribution >= 4 is 17.6 Å². The van der Waals surface area contributed by atoms with Crippen molar-refractivity contribution in [3.05, 3.63) is 60.2 Å². The lowest BCUT2D eigenvalue weighted by molar-refractivity contribution is -0.119. The Morgan fingerprint density at radius 3 is 2.55 bits per heavy atom. The molecule has 0 spiro atoms. The van der Waals surface area contributed by atoms with Crippen LogP contribution in [0.3, 0.4) is 0 Å². The van der Waals surface area contributed by atoms with E-state index in [1.54, 1.807) is 0 Å². The number of amides is 1. The van der Waals surface area contributed by atoms with E-state index in [0.717, 1.165) is 44.2 Å². The SMILES string of the molecule is CCNC(=NCc1cccc(OCC(N)=O)c1)N1CCN(c2ccccc2)CC1. The van der Waals surface area contributed by atoms with E-state index < -0.39 is 5.91 Å². The zero-order chi connectivity index (χ0) is 20.5. The molecule has 0 bridgehead atoms. The van der Waals surface area contributed by atoms with Gasteiger partial charge in [0.1, 0.15) is 5.75 Å². The van der Waals surface area contributed by atoms with Gasteiger partial charge < -0.3 is 25.6 Å². The number of benzene rings is 2. The third kappa shape index (κ3) is 6.14. The molecular weight excluding hydrogens is 366 g/mol. The van der Waals surface area contributed by atoms with E-state index in [2.05, 4.69) is 46.3 Å². The Labute approximate surface area is 172 Å². The molecule has 29 heavy (non-hydrogen) atoms. The topological polar surface area (TPSA) is 83.2 Å². The van der Waals surface area contributed by atoms with E-state index in [9.17, 15) is 4.79 Å². The monoisotopic (exact) mass is 395 g/mol. The van der Waals surface area contributed by atoms with Crippen LogP contribution in [0.25, 0.3) is 0 Å². The van der Waals surface area contributed by atoms with Gasteiger partial charge in [-0.3, -0.25) is 4.79 Å². The Balaban J connectivity index is 1.60. The fourth-order valence-electron chi connectivity index (χ4n) is 3.30. The molecule has 1 aliphatic heterocycles. The predicted molar refractivity (Wildman–Crippen MR) is 116 cm³/mol. The summed E-state index contributed by atoms with van der Waals surface area (Å²) in [7, 11) is 0. The maximum atomic E-state index is 10.9. The van der Waals surface area contributed by atoms with Gasteiger partial charge in [0.05, 0.1) is 6.54 Å². The van der Waals surface area contributed by atoms with Gasteiger partial charge in [-0.2, -0.15) is 0 Å². The standard InChI is InChI=1S/C22H29N5O2/c1-2-24-22(25-16-18-7-6-10-20(15-18)29-17-21(23)28)27-13-11-26(12-14-27)19-8-4-3-5-9-19/h3-10,15H,2,11-14,16-17H2,1H3,(H2,23,28)(H,24,25). The zero-order valence-corrected chi connectivity index (χ0v) is 16.9. The average molecular weight is 396 g/mol. The minimum atomic E-state index is -0.488. The van der Waals surface area contributed by atoms with Crippen LogP contribution in [0.15, 0.2) is 59.6 Å². The molecule has 1 saturated heterocycles. The molecule has 1 heterocycles. The van der Waals surface area contributed by atoms with E-state index in [-0.39, 0.29) is 6.61 Å². The normalized spacial score (nSPS) is 14.6. The van der Waals surface area contributed by atoms with Crippen molar-refractivity contribution < 1.29 is 9.53 Å². The summed E-state index contributed by atoms with van der Waals surface area (Å²) in [5, 5.41) is 3.40. The molecule has 0 atom stereocenters. The minimum Gasteiger partial charge on any atom is -0.484 e. The first kappa shape index (κ1) is 20.5. The van der Waals surface area contributed by atoms with Crippen LogP contribution in [0.1, 0.15) is 12.5 Å². The van der Waals surface area contributed by atoms with Crippen molar-refractivity contribution in [3.63, 3.8) is 0 Å². The molecular formula is C22H29N5O2. The fourth-order valence-corrected chi connectivity index (χ4v) is 3.30. The Bertz CT molecular complexity index is 817. The Hall–Kier alpha value is -3.22. The lowest BCUT2D eigenvalue weighted by Crippen LogP contribution is -2.52. The molecule has 3 N–H and O–H groups in total. The van der Waals surface area contributed by atoms with Crippen LogP contribution in [0.4, 0.5) is 5.69 Å². The first-order valence-electron chi connectivity index (χ1n) is 9.99. The van der Waals surface area contributed by atoms with Crippen molar-refractivity contribution in [1.82, 2.24) is 10.2 Å². The first-order valence-corrected chi connectivity index (χ1v) is 9.99. The number of carbonyl (C=O) groups excluding carboxylic acids is 1. The number of rotatable bonds is 7. The molecule has 7 heteroatoms. The first-order chi connectivity index (χ1) is 14.2. The number of piperazine rings is 1. The van der Waals surface area contributed by atoms with Gasteiger partial charge in [-0.05, 0) is 36.8 Å². The van der Waals surface area contributed by atoms with Gasteiger partial charge in [0.15, 0.2) is 12.6 Å². The van der Waals surface area contributed by atoms with Crippen molar-refractivity contribution in [2.75, 3.05) is 44.2 Å². The highest BCUT2D eigenvalue weighted by atomic mass is 16.5. The quantitative estimate of drug-likeness (QED) is 0.552. The molecule has 2 aromatic rings. The summed E-state index contributed by atoms with van der Waals surface area (Å²) >= 11 is 0. The highest BCUT2D eigenvalue weighted by Gasteiger charge is 2.19. The number of aliphatic imine (C=N–C) groups is 1. The predicted octanol–water partition coefficient (Wildman–Crippen LogP) is 1.84. The van der Waals surface area contributed by atoms with E-state index >= 15 is 0 Å². The van der Waals surface area contributed by atoms with E-state index in [4.69, 9.17) is 15.5 Å². The largest absolute Gasteiger partial charge is 0.484 e. The maximum Gasteiger partial charge on any atom is 0.255 e. The van der Waals surface area contributed by atoms with Gasteiger partial charge in [0.2, 0.25) is 0 Å². The van der Waals surface area contributed by atoms with Crippen LogP contribution >= 0.6 is 0 Å². The molecule has 2 aromatic carbocycles. The van der Waals surface area contributed by atoms with Gasteiger partial charge in [-0.15, -0.1) is 0 Å². The van der Waals surface area contributed by atoms with Gasteiger partial charge in [0.25, 0.3) is 5.91 Å². The number of nitrogens with one attached hydrogen (secondary N) is 1. The molecule has 0 aliphatic carbocycles. The smallest absolute Gasteiger partial charge is 0.255 e. The second kappa shape index (κ2) is 10.4. The van der Waals surface area contributed by atoms with Gasteiger partial charge >= 0.3 is 0 Å². The average Bonchev–Trinajstić information content (AvgIpc) is 2.76. The molecule has 0 saturated carbocycles. The van der Waals surface area contributed by atoms with Crippen LogP contribution < -0.4 is 20.7 Å². The molecule has 1 amide bonds. The summed E-state index contributed by atoms with van der Waals surface area (Å²) in [5.74, 6) is 1.05. The molecule has 7 nitrogen and oxygen atoms in total. The van der Waals surface area contributed by atoms with Gasteiger partial charge in [0, 0.05) is 38.4 Å². The number of para-hydroxylation sites is 1. The number of nitrogens with zero attached hydrogens (tertiary/aromatic N) is 3. The summed E-state index contributed by atoms with van der Waals surface area (Å²) in [6.07, 6.45) is 0. The summed E-state index contributed by atoms with van der Waals surface area (Å²) < 4.78 is 5.38. The Morgan fingerprint density at radius 1 is 1.10 bits per heavy atom. The van der Waals surface area contributed by atoms with Crippen LogP contribution in [0, 0.1) is 0 Å². The number of nitrogens with two attached hydrogens (primary N) is 1. The van der Waals surface area contributed by atoms with Crippen LogP contribution in [-0.4, -0.2) is 56.1 Å². The number of hydrogen-bond donors (Lipinski definition) is 2. The molecule has 0 unspecified atom stereocenters. The lowest BCUT2D eigenvalue weighted by atomic mass is 10.2. The number of primary amides is 1. The second-order valence-electron chi connectivity index (χ2n) is 6.88. The second-order valence-corrected chi connectivity index (χ2v) is 6.88. The van der Waals surface area contributed by atoms with Crippen molar-refractivity contribution in [1.29, 1.82) is 0 Å². The molecule has 1 aliphatic rings. The maximum absolute atomic E-state index is 10.9. The van der Waals surface area contributed by atoms with Crippen LogP contribution in [-0.2, 0) is 11.3 Å². The highest BCUT2D eigenvalue weighted by Crippen LogP contribution is 2.17. The van der Waals surface area contributed by atoms with Crippen molar-refractivity contribution in [2.24, 2.45) is 10.7 Å². The third-order valence-corrected chi connectivity index (χ3v) is 4.73. The lowest BCUT2D eigenvalue weighted by Gasteiger charge is -2.37. The number of guanidine groups is 1. The van der Waals surface area contributed by atoms with E-state index in [1.807, 2.05) is 30.3 Å². The molecule has 0 radical (unpaired) electrons. The summed E-state index contributed by atoms with van der Waals surface area (Å²) in [6, 6.07) is 18.1. The number of carbonyl (C=O) groups is 1. The van der Waals surface area contributed by atoms with E-state index in [0.29, 0.717) is 12.3 Å². The van der Waals surface area contributed by atoms with Gasteiger partial charge in [-0.25, -0.2) is 4.99 Å². The Kier molecular flexibility index (Phi) is 7.33. The van der Waals surface area contributed by atoms with Crippen LogP contribution in [0.5, 0.6) is 5.75 Å². The third-order valence-electron chi connectivity index (χ3n) is 4.73. The van der Waals surface area contributed by atoms with E-state index in [1.165, 1.54) is 5.69 Å². The van der Waals surface area contributed by atoms with Crippen molar-refractivity contribution in [2.45, 2.75) is 13.5 Å². The fraction of sp³-hybridized carbons (Fsp3) is 0.364. The van der Waals surface area contributed by atoms with Crippen LogP contribution in [0.2, 0.25) is 0 Å². The summed E-state index contributed by atoms with van der Waals surface area (Å²) in [5.41, 5.74) is 7.42. The number of hydrogen-bond acceptors (Lipinski definition) is 4. The van der Waals surface area contributed by atoms with Crippen molar-refractivity contribution in [3.8, 4) is 5.75 Å². The molecule has 3 rings (SSSR count).